The maximum atomic E-state index is 13.3. The first-order chi connectivity index (χ1) is 54.1. The molecular weight excluding hydrogens is 1510 g/mol. The number of rotatable bonds is 28. The second-order valence-electron chi connectivity index (χ2n) is 27.5. The number of hydrogen-bond acceptors (Lipinski definition) is 23. The lowest BCUT2D eigenvalue weighted by Gasteiger charge is -2.37. The van der Waals surface area contributed by atoms with E-state index in [2.05, 4.69) is 34.5 Å². The van der Waals surface area contributed by atoms with Gasteiger partial charge in [-0.3, -0.25) is 14.4 Å². The summed E-state index contributed by atoms with van der Waals surface area (Å²) in [6, 6.07) is 34.5. The Hall–Kier alpha value is -10.6. The number of carbonyl (C=O) groups excluding carboxylic acids is 6. The van der Waals surface area contributed by atoms with Gasteiger partial charge in [-0.25, -0.2) is 33.7 Å². The van der Waals surface area contributed by atoms with Gasteiger partial charge in [0.15, 0.2) is 5.76 Å². The Bertz CT molecular complexity index is 4690. The highest BCUT2D eigenvalue weighted by atomic mass is 35.5. The van der Waals surface area contributed by atoms with Crippen LogP contribution in [-0.4, -0.2) is 267 Å². The molecule has 3 amide bonds. The van der Waals surface area contributed by atoms with E-state index in [-0.39, 0.29) is 94.4 Å². The van der Waals surface area contributed by atoms with Crippen molar-refractivity contribution in [3.05, 3.63) is 177 Å². The maximum absolute atomic E-state index is 13.3. The van der Waals surface area contributed by atoms with Crippen LogP contribution in [0.4, 0.5) is 21.5 Å². The third kappa shape index (κ3) is 23.8. The fraction of sp³-hybridized carbons (Fsp3) is 0.430. The Morgan fingerprint density at radius 3 is 1.13 bits per heavy atom. The molecule has 29 heteroatoms. The molecule has 0 aliphatic carbocycles. The highest BCUT2D eigenvalue weighted by Gasteiger charge is 2.35. The molecule has 4 aromatic heterocycles. The van der Waals surface area contributed by atoms with Crippen LogP contribution in [0.1, 0.15) is 125 Å². The second kappa shape index (κ2) is 44.3. The van der Waals surface area contributed by atoms with Crippen LogP contribution >= 0.6 is 23.2 Å². The van der Waals surface area contributed by atoms with Crippen molar-refractivity contribution in [2.75, 3.05) is 202 Å². The van der Waals surface area contributed by atoms with Gasteiger partial charge < -0.3 is 81.7 Å². The molecule has 3 aliphatic rings. The summed E-state index contributed by atoms with van der Waals surface area (Å²) in [4.78, 5) is 110. The van der Waals surface area contributed by atoms with Gasteiger partial charge in [-0.2, -0.15) is 0 Å². The molecule has 620 valence electrons. The number of hydrogen-bond donors (Lipinski definition) is 0. The van der Waals surface area contributed by atoms with E-state index < -0.39 is 17.9 Å². The van der Waals surface area contributed by atoms with Crippen molar-refractivity contribution in [2.24, 2.45) is 0 Å². The Morgan fingerprint density at radius 2 is 0.783 bits per heavy atom. The monoisotopic (exact) mass is 1620 g/mol. The molecule has 3 fully saturated rings. The summed E-state index contributed by atoms with van der Waals surface area (Å²) < 4.78 is 58.3. The fourth-order valence-corrected chi connectivity index (χ4v) is 13.7. The lowest BCUT2D eigenvalue weighted by molar-refractivity contribution is 0.0511. The van der Waals surface area contributed by atoms with Gasteiger partial charge in [-0.1, -0.05) is 63.7 Å². The summed E-state index contributed by atoms with van der Waals surface area (Å²) in [6.07, 6.45) is 3.82. The van der Waals surface area contributed by atoms with Crippen molar-refractivity contribution in [1.82, 2.24) is 44.4 Å². The number of methoxy groups -OCH3 is 1. The molecule has 7 heterocycles. The number of ether oxygens (including phenoxy) is 7. The summed E-state index contributed by atoms with van der Waals surface area (Å²) in [5, 5.41) is 3.34. The Morgan fingerprint density at radius 1 is 0.435 bits per heavy atom. The van der Waals surface area contributed by atoms with E-state index >= 15 is 0 Å². The number of pyridine rings is 3. The zero-order chi connectivity index (χ0) is 80.0. The predicted molar refractivity (Wildman–Crippen MR) is 452 cm³/mol. The van der Waals surface area contributed by atoms with Gasteiger partial charge in [0, 0.05) is 136 Å². The van der Waals surface area contributed by atoms with Crippen molar-refractivity contribution in [1.29, 1.82) is 0 Å². The van der Waals surface area contributed by atoms with Gasteiger partial charge in [0.1, 0.15) is 28.3 Å². The summed E-state index contributed by atoms with van der Waals surface area (Å²) in [5.74, 6) is -0.449. The molecule has 5 aromatic carbocycles. The zero-order valence-corrected chi connectivity index (χ0v) is 66.8. The van der Waals surface area contributed by atoms with E-state index in [0.717, 1.165) is 60.9 Å². The van der Waals surface area contributed by atoms with E-state index in [4.69, 9.17) is 65.8 Å². The summed E-state index contributed by atoms with van der Waals surface area (Å²) in [7, 11) is 13.6. The average molecular weight is 1630 g/mol. The number of esters is 3. The molecule has 0 radical (unpaired) electrons. The van der Waals surface area contributed by atoms with E-state index in [1.165, 1.54) is 30.5 Å². The molecule has 0 unspecified atom stereocenters. The molecule has 0 atom stereocenters. The lowest BCUT2D eigenvalue weighted by atomic mass is 10.1. The number of carbonyl (C=O) groups is 6. The number of furan rings is 1. The summed E-state index contributed by atoms with van der Waals surface area (Å²) >= 11 is 12.7. The summed E-state index contributed by atoms with van der Waals surface area (Å²) in [6.45, 7) is 15.6. The first-order valence-corrected chi connectivity index (χ1v) is 38.4. The Kier molecular flexibility index (Phi) is 35.3. The maximum Gasteiger partial charge on any atom is 0.345 e. The van der Waals surface area contributed by atoms with Crippen LogP contribution in [0, 0.1) is 5.82 Å². The van der Waals surface area contributed by atoms with E-state index in [1.807, 2.05) is 82.4 Å². The third-order valence-electron chi connectivity index (χ3n) is 18.8. The molecule has 0 bridgehead atoms. The Labute approximate surface area is 684 Å². The van der Waals surface area contributed by atoms with E-state index in [1.54, 1.807) is 104 Å². The number of para-hydroxylation sites is 1. The molecule has 12 rings (SSSR count). The molecular formula is C86H111Cl2FN12O14. The molecule has 0 N–H and O–H groups in total. The van der Waals surface area contributed by atoms with Crippen LogP contribution in [0.15, 0.2) is 132 Å². The zero-order valence-electron chi connectivity index (χ0n) is 65.3. The number of anilines is 3. The van der Waals surface area contributed by atoms with Crippen LogP contribution in [0.3, 0.4) is 0 Å². The van der Waals surface area contributed by atoms with E-state index in [0.29, 0.717) is 164 Å². The van der Waals surface area contributed by atoms with Gasteiger partial charge in [-0.15, -0.1) is 0 Å². The number of fused-ring (bicyclic) bond motifs is 3. The van der Waals surface area contributed by atoms with E-state index in [9.17, 15) is 33.2 Å². The first kappa shape index (κ1) is 91.6. The number of halogens is 3. The van der Waals surface area contributed by atoms with Crippen LogP contribution in [0.25, 0.3) is 32.7 Å². The minimum Gasteiger partial charge on any atom is -0.497 e. The van der Waals surface area contributed by atoms with Crippen molar-refractivity contribution in [2.45, 2.75) is 62.3 Å². The highest BCUT2D eigenvalue weighted by Crippen LogP contribution is 2.42. The summed E-state index contributed by atoms with van der Waals surface area (Å²) in [5.41, 5.74) is 6.02. The van der Waals surface area contributed by atoms with Crippen LogP contribution in [-0.2, 0) is 14.2 Å². The topological polar surface area (TPSA) is 248 Å². The molecule has 3 aliphatic heterocycles. The van der Waals surface area contributed by atoms with Gasteiger partial charge in [0.25, 0.3) is 17.7 Å². The van der Waals surface area contributed by atoms with Crippen molar-refractivity contribution < 1.29 is 70.7 Å². The van der Waals surface area contributed by atoms with Gasteiger partial charge in [-0.05, 0) is 185 Å². The molecule has 3 saturated heterocycles. The first-order valence-electron chi connectivity index (χ1n) is 37.7. The quantitative estimate of drug-likeness (QED) is 0.0251. The average Bonchev–Trinajstić information content (AvgIpc) is 0.952. The molecule has 0 saturated carbocycles. The standard InChI is InChI=1S/C29H36N4O5.C28H32ClFN4O4.C26H31ClN4O5.3CH4/c1-5-37-29(35)25-26(23-9-6-7-10-24(23)30-27(25)38-20-8-15-31(2)3)32-16-18-33(19-17-32)28(34)21-11-13-22(36-4)14-12-21;1-4-37-28(36)24-25(33-13-15-34(16-14-33)27(35)19-6-9-21(30)10-7-19)22-18-20(29)8-11-23(22)31-26(24)38-17-5-12-32(2)3;1-4-34-26(33)22-23(30-11-13-31(14-12-30)25(32)21-7-5-15-35-21)19-17-18(27)8-9-20(19)28-24(22)36-16-6-10-29(2)3;;;/h6-7,9-14H,5,8,15-20H2,1-4H3;6-11,18H,4-5,12-17H2,1-3H3;5,7-9,15,17H,4,6,10-14,16H2,1-3H3;3*1H4. The van der Waals surface area contributed by atoms with Crippen molar-refractivity contribution >= 4 is 109 Å². The molecule has 0 spiro atoms. The number of piperazine rings is 3. The van der Waals surface area contributed by atoms with Crippen LogP contribution in [0.5, 0.6) is 23.4 Å². The van der Waals surface area contributed by atoms with Crippen molar-refractivity contribution in [3.8, 4) is 23.4 Å². The number of amides is 3. The third-order valence-corrected chi connectivity index (χ3v) is 19.3. The normalized spacial score (nSPS) is 13.4. The number of benzene rings is 5. The van der Waals surface area contributed by atoms with Crippen LogP contribution in [0.2, 0.25) is 10.0 Å². The van der Waals surface area contributed by atoms with Crippen LogP contribution < -0.4 is 33.6 Å². The SMILES string of the molecule is C.C.C.CCOC(=O)c1c(OCCCN(C)C)nc2ccc(Cl)cc2c1N1CCN(C(=O)c2ccc(F)cc2)CC1.CCOC(=O)c1c(OCCCN(C)C)nc2ccc(Cl)cc2c1N1CCN(C(=O)c2ccco2)CC1.CCOC(=O)c1c(OCCCN(C)C)nc2ccccc2c1N1CCN(C(=O)c2ccc(OC)cc2)CC1. The van der Waals surface area contributed by atoms with Gasteiger partial charge in [0.2, 0.25) is 17.6 Å². The fourth-order valence-electron chi connectivity index (χ4n) is 13.3. The molecule has 26 nitrogen and oxygen atoms in total. The Balaban J connectivity index is 0.000000236. The highest BCUT2D eigenvalue weighted by molar-refractivity contribution is 6.32. The molecule has 115 heavy (non-hydrogen) atoms. The minimum absolute atomic E-state index is 0. The lowest BCUT2D eigenvalue weighted by Crippen LogP contribution is -2.49. The number of aromatic nitrogens is 3. The predicted octanol–water partition coefficient (Wildman–Crippen LogP) is 14.1. The minimum atomic E-state index is -0.524. The second-order valence-corrected chi connectivity index (χ2v) is 28.4. The largest absolute Gasteiger partial charge is 0.497 e. The smallest absolute Gasteiger partial charge is 0.345 e. The number of nitrogens with zero attached hydrogens (tertiary/aromatic N) is 12. The van der Waals surface area contributed by atoms with Crippen molar-refractivity contribution in [3.63, 3.8) is 0 Å². The van der Waals surface area contributed by atoms with Gasteiger partial charge >= 0.3 is 17.9 Å². The molecule has 9 aromatic rings. The van der Waals surface area contributed by atoms with Gasteiger partial charge in [0.05, 0.1) is 86.6 Å².